The Kier molecular flexibility index (Phi) is 2.90. The minimum absolute atomic E-state index is 0.124. The molecule has 1 aromatic heterocycles. The summed E-state index contributed by atoms with van der Waals surface area (Å²) in [5, 5.41) is 8.93. The van der Waals surface area contributed by atoms with Crippen LogP contribution in [0.3, 0.4) is 0 Å². The average molecular weight is 256 g/mol. The Balaban J connectivity index is 2.72. The van der Waals surface area contributed by atoms with Crippen LogP contribution in [0.25, 0.3) is 11.0 Å². The number of aromatic nitrogens is 2. The third-order valence-corrected chi connectivity index (χ3v) is 2.64. The molecule has 0 atom stereocenters. The number of carbonyl (C=O) groups is 1. The smallest absolute Gasteiger partial charge is 0.387 e. The molecule has 0 saturated carbocycles. The maximum Gasteiger partial charge on any atom is 0.387 e. The number of nitrogens with zero attached hydrogens (tertiary/aromatic N) is 2. The van der Waals surface area contributed by atoms with Gasteiger partial charge in [0.2, 0.25) is 0 Å². The van der Waals surface area contributed by atoms with Crippen molar-refractivity contribution in [2.45, 2.75) is 13.5 Å². The summed E-state index contributed by atoms with van der Waals surface area (Å²) >= 11 is 0. The molecule has 0 saturated heterocycles. The van der Waals surface area contributed by atoms with Crippen molar-refractivity contribution >= 4 is 17.0 Å². The van der Waals surface area contributed by atoms with E-state index in [1.54, 1.807) is 18.5 Å². The molecule has 18 heavy (non-hydrogen) atoms. The number of carboxylic acids is 1. The van der Waals surface area contributed by atoms with Crippen LogP contribution in [0.1, 0.15) is 16.2 Å². The van der Waals surface area contributed by atoms with Gasteiger partial charge in [0.25, 0.3) is 0 Å². The molecule has 96 valence electrons. The van der Waals surface area contributed by atoms with Gasteiger partial charge in [0.15, 0.2) is 5.75 Å². The molecule has 2 aromatic rings. The first-order valence-electron chi connectivity index (χ1n) is 5.05. The molecule has 0 bridgehead atoms. The van der Waals surface area contributed by atoms with Gasteiger partial charge in [-0.1, -0.05) is 0 Å². The van der Waals surface area contributed by atoms with Gasteiger partial charge in [-0.05, 0) is 19.1 Å². The zero-order valence-electron chi connectivity index (χ0n) is 9.65. The van der Waals surface area contributed by atoms with E-state index in [1.807, 2.05) is 0 Å². The number of alkyl halides is 2. The Bertz CT molecular complexity index is 622. The van der Waals surface area contributed by atoms with Crippen molar-refractivity contribution in [3.63, 3.8) is 0 Å². The van der Waals surface area contributed by atoms with Crippen LogP contribution in [0.5, 0.6) is 5.75 Å². The van der Waals surface area contributed by atoms with Gasteiger partial charge in [0, 0.05) is 7.05 Å². The van der Waals surface area contributed by atoms with E-state index in [2.05, 4.69) is 9.72 Å². The van der Waals surface area contributed by atoms with Gasteiger partial charge in [-0.3, -0.25) is 0 Å². The van der Waals surface area contributed by atoms with Gasteiger partial charge in [-0.2, -0.15) is 8.78 Å². The molecule has 1 heterocycles. The van der Waals surface area contributed by atoms with Crippen LogP contribution in [0.4, 0.5) is 8.78 Å². The van der Waals surface area contributed by atoms with Crippen LogP contribution in [0.2, 0.25) is 0 Å². The molecule has 0 radical (unpaired) electrons. The summed E-state index contributed by atoms with van der Waals surface area (Å²) < 4.78 is 30.5. The van der Waals surface area contributed by atoms with Gasteiger partial charge in [0.05, 0.1) is 11.1 Å². The molecule has 1 N–H and O–H groups in total. The third kappa shape index (κ3) is 1.99. The third-order valence-electron chi connectivity index (χ3n) is 2.64. The number of ether oxygens (including phenoxy) is 1. The number of hydrogen-bond acceptors (Lipinski definition) is 3. The number of aryl methyl sites for hydroxylation is 2. The topological polar surface area (TPSA) is 64.3 Å². The van der Waals surface area contributed by atoms with Crippen molar-refractivity contribution in [3.05, 3.63) is 23.5 Å². The van der Waals surface area contributed by atoms with Gasteiger partial charge in [-0.25, -0.2) is 9.78 Å². The first-order chi connectivity index (χ1) is 8.40. The Morgan fingerprint density at radius 3 is 2.72 bits per heavy atom. The largest absolute Gasteiger partial charge is 0.478 e. The molecule has 7 heteroatoms. The number of hydrogen-bond donors (Lipinski definition) is 1. The predicted octanol–water partition coefficient (Wildman–Crippen LogP) is 2.18. The molecular formula is C11H10F2N2O3. The van der Waals surface area contributed by atoms with E-state index in [9.17, 15) is 13.6 Å². The normalized spacial score (nSPS) is 11.2. The fourth-order valence-corrected chi connectivity index (χ4v) is 1.68. The second-order valence-electron chi connectivity index (χ2n) is 3.74. The summed E-state index contributed by atoms with van der Waals surface area (Å²) in [6.07, 6.45) is 0. The van der Waals surface area contributed by atoms with E-state index >= 15 is 0 Å². The Morgan fingerprint density at radius 1 is 1.50 bits per heavy atom. The van der Waals surface area contributed by atoms with Crippen molar-refractivity contribution in [2.75, 3.05) is 0 Å². The Labute approximate surface area is 101 Å². The molecule has 0 aliphatic rings. The van der Waals surface area contributed by atoms with E-state index in [-0.39, 0.29) is 16.8 Å². The summed E-state index contributed by atoms with van der Waals surface area (Å²) in [7, 11) is 1.67. The van der Waals surface area contributed by atoms with Gasteiger partial charge in [0.1, 0.15) is 11.3 Å². The van der Waals surface area contributed by atoms with Gasteiger partial charge < -0.3 is 14.4 Å². The van der Waals surface area contributed by atoms with Crippen LogP contribution < -0.4 is 4.74 Å². The molecule has 5 nitrogen and oxygen atoms in total. The predicted molar refractivity (Wildman–Crippen MR) is 59.0 cm³/mol. The number of imidazole rings is 1. The number of fused-ring (bicyclic) bond motifs is 1. The van der Waals surface area contributed by atoms with Crippen LogP contribution in [0, 0.1) is 6.92 Å². The molecular weight excluding hydrogens is 246 g/mol. The van der Waals surface area contributed by atoms with Crippen molar-refractivity contribution in [2.24, 2.45) is 7.05 Å². The number of carboxylic acid groups (broad SMARTS) is 1. The van der Waals surface area contributed by atoms with Gasteiger partial charge in [-0.15, -0.1) is 0 Å². The van der Waals surface area contributed by atoms with Crippen molar-refractivity contribution in [1.29, 1.82) is 0 Å². The molecule has 2 rings (SSSR count). The fourth-order valence-electron chi connectivity index (χ4n) is 1.68. The summed E-state index contributed by atoms with van der Waals surface area (Å²) in [4.78, 5) is 15.0. The summed E-state index contributed by atoms with van der Waals surface area (Å²) in [6, 6.07) is 2.42. The quantitative estimate of drug-likeness (QED) is 0.914. The number of benzene rings is 1. The first kappa shape index (κ1) is 12.3. The number of aromatic carboxylic acids is 1. The maximum atomic E-state index is 12.3. The van der Waals surface area contributed by atoms with Crippen molar-refractivity contribution < 1.29 is 23.4 Å². The van der Waals surface area contributed by atoms with Crippen LogP contribution in [-0.4, -0.2) is 27.2 Å². The molecule has 0 unspecified atom stereocenters. The highest BCUT2D eigenvalue weighted by atomic mass is 19.3. The van der Waals surface area contributed by atoms with Gasteiger partial charge >= 0.3 is 12.6 Å². The Hall–Kier alpha value is -2.18. The number of halogens is 2. The van der Waals surface area contributed by atoms with Crippen molar-refractivity contribution in [1.82, 2.24) is 9.55 Å². The fraction of sp³-hybridized carbons (Fsp3) is 0.273. The minimum atomic E-state index is -3.03. The minimum Gasteiger partial charge on any atom is -0.478 e. The summed E-state index contributed by atoms with van der Waals surface area (Å²) in [5.74, 6) is -0.870. The zero-order valence-corrected chi connectivity index (χ0v) is 9.65. The molecule has 1 aromatic carbocycles. The monoisotopic (exact) mass is 256 g/mol. The lowest BCUT2D eigenvalue weighted by molar-refractivity contribution is -0.0489. The van der Waals surface area contributed by atoms with E-state index in [0.29, 0.717) is 11.3 Å². The lowest BCUT2D eigenvalue weighted by atomic mass is 10.2. The van der Waals surface area contributed by atoms with Crippen LogP contribution in [-0.2, 0) is 7.05 Å². The molecule has 0 fully saturated rings. The highest BCUT2D eigenvalue weighted by Gasteiger charge is 2.17. The molecule has 0 spiro atoms. The highest BCUT2D eigenvalue weighted by molar-refractivity contribution is 5.95. The van der Waals surface area contributed by atoms with E-state index in [4.69, 9.17) is 5.11 Å². The zero-order chi connectivity index (χ0) is 13.4. The lowest BCUT2D eigenvalue weighted by Gasteiger charge is -2.06. The molecule has 0 amide bonds. The average Bonchev–Trinajstić information content (AvgIpc) is 2.55. The van der Waals surface area contributed by atoms with E-state index < -0.39 is 12.6 Å². The van der Waals surface area contributed by atoms with Crippen LogP contribution in [0.15, 0.2) is 12.1 Å². The first-order valence-corrected chi connectivity index (χ1v) is 5.05. The second-order valence-corrected chi connectivity index (χ2v) is 3.74. The maximum absolute atomic E-state index is 12.3. The summed E-state index contributed by atoms with van der Waals surface area (Å²) in [6.45, 7) is -1.34. The van der Waals surface area contributed by atoms with E-state index in [0.717, 1.165) is 6.07 Å². The molecule has 0 aliphatic carbocycles. The highest BCUT2D eigenvalue weighted by Crippen LogP contribution is 2.28. The standard InChI is InChI=1S/C11H10F2N2O3/c1-5-14-9-7(15(5)2)3-6(10(16)17)4-8(9)18-11(12)13/h3-4,11H,1-2H3,(H,16,17). The van der Waals surface area contributed by atoms with E-state index in [1.165, 1.54) is 6.07 Å². The Morgan fingerprint density at radius 2 is 2.17 bits per heavy atom. The SMILES string of the molecule is Cc1nc2c(OC(F)F)cc(C(=O)O)cc2n1C. The van der Waals surface area contributed by atoms with Crippen molar-refractivity contribution in [3.8, 4) is 5.75 Å². The molecule has 0 aliphatic heterocycles. The summed E-state index contributed by atoms with van der Waals surface area (Å²) in [5.41, 5.74) is 0.532. The second kappa shape index (κ2) is 4.25. The van der Waals surface area contributed by atoms with Crippen LogP contribution >= 0.6 is 0 Å². The lowest BCUT2D eigenvalue weighted by Crippen LogP contribution is -2.05. The number of rotatable bonds is 3.